The maximum atomic E-state index is 5.31. The highest BCUT2D eigenvalue weighted by atomic mass is 16.6. The molecule has 0 radical (unpaired) electrons. The molecule has 0 saturated carbocycles. The fourth-order valence-electron chi connectivity index (χ4n) is 1.37. The Labute approximate surface area is 75.8 Å². The second kappa shape index (κ2) is 4.66. The molecule has 1 aliphatic rings. The van der Waals surface area contributed by atoms with Gasteiger partial charge in [0.15, 0.2) is 0 Å². The first kappa shape index (κ1) is 9.79. The van der Waals surface area contributed by atoms with E-state index in [2.05, 4.69) is 26.0 Å². The van der Waals surface area contributed by atoms with Gasteiger partial charge in [-0.25, -0.2) is 0 Å². The topological polar surface area (TPSA) is 12.5 Å². The Balaban J connectivity index is 1.83. The van der Waals surface area contributed by atoms with Gasteiger partial charge in [0.05, 0.1) is 12.2 Å². The number of hydrogen-bond acceptors (Lipinski definition) is 1. The number of hydrogen-bond donors (Lipinski definition) is 0. The van der Waals surface area contributed by atoms with E-state index in [-0.39, 0.29) is 5.60 Å². The molecule has 1 saturated heterocycles. The molecule has 1 heteroatoms. The van der Waals surface area contributed by atoms with E-state index in [4.69, 9.17) is 4.74 Å². The lowest BCUT2D eigenvalue weighted by atomic mass is 10.0. The lowest BCUT2D eigenvalue weighted by molar-refractivity contribution is 0.301. The van der Waals surface area contributed by atoms with Crippen LogP contribution < -0.4 is 0 Å². The minimum absolute atomic E-state index is 0.278. The Bertz CT molecular complexity index is 145. The number of ether oxygens (including phenoxy) is 1. The minimum Gasteiger partial charge on any atom is -0.370 e. The van der Waals surface area contributed by atoms with Crippen molar-refractivity contribution in [2.75, 3.05) is 6.61 Å². The summed E-state index contributed by atoms with van der Waals surface area (Å²) < 4.78 is 5.31. The third kappa shape index (κ3) is 3.91. The third-order valence-corrected chi connectivity index (χ3v) is 2.45. The predicted octanol–water partition coefficient (Wildman–Crippen LogP) is 3.30. The highest BCUT2D eigenvalue weighted by Crippen LogP contribution is 2.31. The van der Waals surface area contributed by atoms with Crippen molar-refractivity contribution in [3.8, 4) is 0 Å². The number of epoxide rings is 1. The molecule has 0 spiro atoms. The number of allylic oxidation sites excluding steroid dienone is 2. The Morgan fingerprint density at radius 3 is 2.67 bits per heavy atom. The van der Waals surface area contributed by atoms with E-state index in [1.165, 1.54) is 32.1 Å². The second-order valence-electron chi connectivity index (χ2n) is 3.91. The molecular formula is C11H20O. The summed E-state index contributed by atoms with van der Waals surface area (Å²) in [5.74, 6) is 0. The molecule has 1 atom stereocenters. The Morgan fingerprint density at radius 2 is 2.08 bits per heavy atom. The van der Waals surface area contributed by atoms with Crippen LogP contribution in [0.15, 0.2) is 12.2 Å². The van der Waals surface area contributed by atoms with E-state index in [1.807, 2.05) is 0 Å². The van der Waals surface area contributed by atoms with Gasteiger partial charge in [0.1, 0.15) is 0 Å². The van der Waals surface area contributed by atoms with Crippen molar-refractivity contribution >= 4 is 0 Å². The van der Waals surface area contributed by atoms with Gasteiger partial charge in [-0.1, -0.05) is 25.0 Å². The maximum absolute atomic E-state index is 5.31. The van der Waals surface area contributed by atoms with Gasteiger partial charge in [0.2, 0.25) is 0 Å². The van der Waals surface area contributed by atoms with Crippen molar-refractivity contribution < 1.29 is 4.74 Å². The first-order chi connectivity index (χ1) is 5.77. The molecule has 1 aliphatic heterocycles. The molecule has 12 heavy (non-hydrogen) atoms. The van der Waals surface area contributed by atoms with Crippen molar-refractivity contribution in [1.82, 2.24) is 0 Å². The smallest absolute Gasteiger partial charge is 0.0888 e. The number of unbranched alkanes of at least 4 members (excludes halogenated alkanes) is 3. The van der Waals surface area contributed by atoms with Crippen LogP contribution in [0.25, 0.3) is 0 Å². The van der Waals surface area contributed by atoms with Crippen LogP contribution in [0.4, 0.5) is 0 Å². The number of rotatable bonds is 6. The Morgan fingerprint density at radius 1 is 1.33 bits per heavy atom. The van der Waals surface area contributed by atoms with Crippen LogP contribution in [0.2, 0.25) is 0 Å². The molecule has 0 N–H and O–H groups in total. The zero-order valence-corrected chi connectivity index (χ0v) is 8.31. The van der Waals surface area contributed by atoms with Crippen molar-refractivity contribution in [2.45, 2.75) is 51.6 Å². The predicted molar refractivity (Wildman–Crippen MR) is 52.3 cm³/mol. The summed E-state index contributed by atoms with van der Waals surface area (Å²) in [5.41, 5.74) is 0.278. The Kier molecular flexibility index (Phi) is 3.80. The molecule has 0 aliphatic carbocycles. The normalized spacial score (nSPS) is 28.2. The van der Waals surface area contributed by atoms with E-state index in [0.717, 1.165) is 6.61 Å². The van der Waals surface area contributed by atoms with E-state index in [9.17, 15) is 0 Å². The molecule has 1 fully saturated rings. The van der Waals surface area contributed by atoms with Gasteiger partial charge in [-0.05, 0) is 33.1 Å². The highest BCUT2D eigenvalue weighted by molar-refractivity contribution is 4.86. The van der Waals surface area contributed by atoms with Crippen molar-refractivity contribution in [3.05, 3.63) is 12.2 Å². The summed E-state index contributed by atoms with van der Waals surface area (Å²) >= 11 is 0. The summed E-state index contributed by atoms with van der Waals surface area (Å²) in [5, 5.41) is 0. The van der Waals surface area contributed by atoms with E-state index < -0.39 is 0 Å². The summed E-state index contributed by atoms with van der Waals surface area (Å²) in [6, 6.07) is 0. The largest absolute Gasteiger partial charge is 0.370 e. The summed E-state index contributed by atoms with van der Waals surface area (Å²) in [4.78, 5) is 0. The Hall–Kier alpha value is -0.300. The van der Waals surface area contributed by atoms with Gasteiger partial charge in [-0.3, -0.25) is 0 Å². The fraction of sp³-hybridized carbons (Fsp3) is 0.818. The lowest BCUT2D eigenvalue weighted by Crippen LogP contribution is -2.02. The van der Waals surface area contributed by atoms with Crippen LogP contribution in [0.5, 0.6) is 0 Å². The minimum atomic E-state index is 0.278. The summed E-state index contributed by atoms with van der Waals surface area (Å²) in [6.45, 7) is 5.28. The van der Waals surface area contributed by atoms with E-state index in [1.54, 1.807) is 0 Å². The molecule has 70 valence electrons. The van der Waals surface area contributed by atoms with Crippen LogP contribution in [0.3, 0.4) is 0 Å². The van der Waals surface area contributed by atoms with Gasteiger partial charge in [0, 0.05) is 0 Å². The van der Waals surface area contributed by atoms with Crippen molar-refractivity contribution in [1.29, 1.82) is 0 Å². The van der Waals surface area contributed by atoms with Crippen LogP contribution >= 0.6 is 0 Å². The van der Waals surface area contributed by atoms with Crippen molar-refractivity contribution in [3.63, 3.8) is 0 Å². The highest BCUT2D eigenvalue weighted by Gasteiger charge is 2.37. The SMILES string of the molecule is C/C=C/CCCCC[C@]1(C)CO1. The van der Waals surface area contributed by atoms with Crippen LogP contribution in [-0.2, 0) is 4.74 Å². The van der Waals surface area contributed by atoms with E-state index >= 15 is 0 Å². The van der Waals surface area contributed by atoms with Gasteiger partial charge >= 0.3 is 0 Å². The standard InChI is InChI=1S/C11H20O/c1-3-4-5-6-7-8-9-11(2)10-12-11/h3-4H,5-10H2,1-2H3/b4-3+/t11-/m1/s1. The quantitative estimate of drug-likeness (QED) is 0.337. The van der Waals surface area contributed by atoms with Gasteiger partial charge in [-0.15, -0.1) is 0 Å². The third-order valence-electron chi connectivity index (χ3n) is 2.45. The average molecular weight is 168 g/mol. The molecule has 0 aromatic rings. The monoisotopic (exact) mass is 168 g/mol. The zero-order chi connectivity index (χ0) is 8.86. The van der Waals surface area contributed by atoms with Crippen LogP contribution in [-0.4, -0.2) is 12.2 Å². The first-order valence-electron chi connectivity index (χ1n) is 5.02. The average Bonchev–Trinajstić information content (AvgIpc) is 2.77. The maximum Gasteiger partial charge on any atom is 0.0888 e. The fourth-order valence-corrected chi connectivity index (χ4v) is 1.37. The molecule has 0 amide bonds. The molecule has 0 aromatic carbocycles. The first-order valence-corrected chi connectivity index (χ1v) is 5.02. The molecule has 1 heterocycles. The van der Waals surface area contributed by atoms with Crippen molar-refractivity contribution in [2.24, 2.45) is 0 Å². The zero-order valence-electron chi connectivity index (χ0n) is 8.31. The summed E-state index contributed by atoms with van der Waals surface area (Å²) in [6.07, 6.45) is 10.9. The molecule has 1 rings (SSSR count). The van der Waals surface area contributed by atoms with Gasteiger partial charge in [0.25, 0.3) is 0 Å². The van der Waals surface area contributed by atoms with E-state index in [0.29, 0.717) is 0 Å². The molecular weight excluding hydrogens is 148 g/mol. The summed E-state index contributed by atoms with van der Waals surface area (Å²) in [7, 11) is 0. The van der Waals surface area contributed by atoms with Crippen LogP contribution in [0.1, 0.15) is 46.0 Å². The van der Waals surface area contributed by atoms with Gasteiger partial charge < -0.3 is 4.74 Å². The molecule has 1 nitrogen and oxygen atoms in total. The van der Waals surface area contributed by atoms with Crippen LogP contribution in [0, 0.1) is 0 Å². The molecule has 0 aromatic heterocycles. The molecule has 0 bridgehead atoms. The van der Waals surface area contributed by atoms with Gasteiger partial charge in [-0.2, -0.15) is 0 Å². The lowest BCUT2D eigenvalue weighted by Gasteiger charge is -2.02. The second-order valence-corrected chi connectivity index (χ2v) is 3.91. The molecule has 0 unspecified atom stereocenters.